The predicted octanol–water partition coefficient (Wildman–Crippen LogP) is 5.56. The molecule has 0 bridgehead atoms. The highest BCUT2D eigenvalue weighted by atomic mass is 32.2. The van der Waals surface area contributed by atoms with Crippen molar-refractivity contribution in [2.75, 3.05) is 17.7 Å². The second kappa shape index (κ2) is 9.56. The fourth-order valence-electron chi connectivity index (χ4n) is 4.71. The molecule has 0 unspecified atom stereocenters. The molecule has 1 atom stereocenters. The van der Waals surface area contributed by atoms with Crippen LogP contribution < -0.4 is 4.90 Å². The first-order chi connectivity index (χ1) is 17.4. The second-order valence-electron chi connectivity index (χ2n) is 9.23. The maximum Gasteiger partial charge on any atom is 0.416 e. The number of amides is 2. The number of sulfone groups is 1. The molecule has 192 valence electrons. The first-order valence-corrected chi connectivity index (χ1v) is 13.2. The summed E-state index contributed by atoms with van der Waals surface area (Å²) < 4.78 is 66.8. The van der Waals surface area contributed by atoms with Gasteiger partial charge in [0.2, 0.25) is 0 Å². The van der Waals surface area contributed by atoms with E-state index in [2.05, 4.69) is 0 Å². The molecule has 2 amide bonds. The monoisotopic (exact) mass is 528 g/mol. The minimum atomic E-state index is -4.63. The largest absolute Gasteiger partial charge is 0.416 e. The fourth-order valence-corrected chi connectivity index (χ4v) is 6.69. The fraction of sp³-hybridized carbons (Fsp3) is 0.346. The molecule has 7 nitrogen and oxygen atoms in total. The van der Waals surface area contributed by atoms with Crippen LogP contribution >= 0.6 is 0 Å². The molecule has 1 saturated carbocycles. The highest BCUT2D eigenvalue weighted by Gasteiger charge is 2.41. The summed E-state index contributed by atoms with van der Waals surface area (Å²) in [6.07, 6.45) is -2.13. The van der Waals surface area contributed by atoms with Gasteiger partial charge in [-0.1, -0.05) is 18.6 Å². The minimum Gasteiger partial charge on any atom is -0.315 e. The Bertz CT molecular complexity index is 1480. The molecule has 1 aliphatic heterocycles. The van der Waals surface area contributed by atoms with Crippen LogP contribution in [0.15, 0.2) is 58.6 Å². The molecule has 0 spiro atoms. The third-order valence-electron chi connectivity index (χ3n) is 6.88. The van der Waals surface area contributed by atoms with Crippen molar-refractivity contribution < 1.29 is 26.4 Å². The molecule has 2 aliphatic rings. The SMILES string of the molecule is CC1=C(C#N)[C@@H](c2ccc(C#N)cc2S(=O)(=O)CC2CCC2)N(C)C(=O)N1c1cccc(C(F)(F)F)c1. The Balaban J connectivity index is 1.87. The van der Waals surface area contributed by atoms with Gasteiger partial charge in [0.1, 0.15) is 0 Å². The van der Waals surface area contributed by atoms with Crippen molar-refractivity contribution in [2.24, 2.45) is 5.92 Å². The highest BCUT2D eigenvalue weighted by Crippen LogP contribution is 2.42. The lowest BCUT2D eigenvalue weighted by Gasteiger charge is -2.40. The lowest BCUT2D eigenvalue weighted by molar-refractivity contribution is -0.137. The van der Waals surface area contributed by atoms with E-state index in [4.69, 9.17) is 0 Å². The first kappa shape index (κ1) is 26.2. The van der Waals surface area contributed by atoms with Crippen LogP contribution in [0.4, 0.5) is 23.7 Å². The number of anilines is 1. The number of carbonyl (C=O) groups is 1. The molecule has 0 radical (unpaired) electrons. The number of benzene rings is 2. The number of rotatable bonds is 5. The molecule has 0 aromatic heterocycles. The summed E-state index contributed by atoms with van der Waals surface area (Å²) in [6, 6.07) is 10.4. The Morgan fingerprint density at radius 1 is 1.08 bits per heavy atom. The second-order valence-corrected chi connectivity index (χ2v) is 11.2. The van der Waals surface area contributed by atoms with E-state index in [1.54, 1.807) is 0 Å². The van der Waals surface area contributed by atoms with Crippen molar-refractivity contribution >= 4 is 21.6 Å². The van der Waals surface area contributed by atoms with Gasteiger partial charge in [-0.3, -0.25) is 4.90 Å². The molecular formula is C26H23F3N4O3S. The van der Waals surface area contributed by atoms with Gasteiger partial charge in [-0.2, -0.15) is 23.7 Å². The van der Waals surface area contributed by atoms with Crippen molar-refractivity contribution in [2.45, 2.75) is 43.3 Å². The van der Waals surface area contributed by atoms with E-state index in [1.807, 2.05) is 12.1 Å². The van der Waals surface area contributed by atoms with E-state index in [0.717, 1.165) is 41.2 Å². The zero-order chi connectivity index (χ0) is 27.1. The van der Waals surface area contributed by atoms with Crippen LogP contribution in [0.25, 0.3) is 0 Å². The number of allylic oxidation sites excluding steroid dienone is 1. The molecule has 1 heterocycles. The number of likely N-dealkylation sites (N-methyl/N-ethyl adjacent to an activating group) is 1. The Morgan fingerprint density at radius 2 is 1.78 bits per heavy atom. The number of urea groups is 1. The molecule has 0 saturated heterocycles. The van der Waals surface area contributed by atoms with Crippen LogP contribution in [0, 0.1) is 28.6 Å². The topological polar surface area (TPSA) is 105 Å². The van der Waals surface area contributed by atoms with Gasteiger partial charge in [0.25, 0.3) is 0 Å². The van der Waals surface area contributed by atoms with Crippen molar-refractivity contribution in [3.8, 4) is 12.1 Å². The van der Waals surface area contributed by atoms with Gasteiger partial charge in [0, 0.05) is 12.7 Å². The molecule has 0 N–H and O–H groups in total. The number of hydrogen-bond acceptors (Lipinski definition) is 5. The Labute approximate surface area is 212 Å². The van der Waals surface area contributed by atoms with Gasteiger partial charge in [0.15, 0.2) is 9.84 Å². The summed E-state index contributed by atoms with van der Waals surface area (Å²) >= 11 is 0. The van der Waals surface area contributed by atoms with Gasteiger partial charge in [-0.25, -0.2) is 13.2 Å². The molecule has 4 rings (SSSR count). The van der Waals surface area contributed by atoms with E-state index in [0.29, 0.717) is 0 Å². The standard InChI is InChI=1S/C26H23F3N4O3S/c1-16-22(14-31)24(32(2)25(34)33(16)20-8-4-7-19(12-20)26(27,28)29)21-10-9-18(13-30)11-23(21)37(35,36)15-17-5-3-6-17/h4,7-12,17,24H,3,5-6,15H2,1-2H3/t24-/m1/s1. The van der Waals surface area contributed by atoms with Crippen LogP contribution in [-0.4, -0.2) is 32.1 Å². The van der Waals surface area contributed by atoms with E-state index >= 15 is 0 Å². The molecule has 37 heavy (non-hydrogen) atoms. The summed E-state index contributed by atoms with van der Waals surface area (Å²) in [5.74, 6) is -0.112. The van der Waals surface area contributed by atoms with Crippen LogP contribution in [0.5, 0.6) is 0 Å². The molecule has 2 aromatic carbocycles. The maximum absolute atomic E-state index is 13.5. The maximum atomic E-state index is 13.5. The summed E-state index contributed by atoms with van der Waals surface area (Å²) in [4.78, 5) is 15.5. The average molecular weight is 529 g/mol. The van der Waals surface area contributed by atoms with Crippen molar-refractivity contribution in [1.82, 2.24) is 4.90 Å². The Kier molecular flexibility index (Phi) is 6.78. The Morgan fingerprint density at radius 3 is 2.35 bits per heavy atom. The van der Waals surface area contributed by atoms with E-state index in [9.17, 15) is 36.9 Å². The lowest BCUT2D eigenvalue weighted by atomic mass is 9.87. The third kappa shape index (κ3) is 4.79. The average Bonchev–Trinajstić information content (AvgIpc) is 2.83. The minimum absolute atomic E-state index is 0.00146. The van der Waals surface area contributed by atoms with E-state index in [-0.39, 0.29) is 44.7 Å². The highest BCUT2D eigenvalue weighted by molar-refractivity contribution is 7.91. The molecule has 1 fully saturated rings. The van der Waals surface area contributed by atoms with Gasteiger partial charge >= 0.3 is 12.2 Å². The van der Waals surface area contributed by atoms with Crippen molar-refractivity contribution in [3.63, 3.8) is 0 Å². The normalized spacial score (nSPS) is 18.9. The van der Waals surface area contributed by atoms with Gasteiger partial charge < -0.3 is 4.90 Å². The third-order valence-corrected chi connectivity index (χ3v) is 8.82. The zero-order valence-corrected chi connectivity index (χ0v) is 20.9. The summed E-state index contributed by atoms with van der Waals surface area (Å²) in [5, 5.41) is 19.5. The van der Waals surface area contributed by atoms with Crippen LogP contribution in [0.1, 0.15) is 48.9 Å². The predicted molar refractivity (Wildman–Crippen MR) is 129 cm³/mol. The zero-order valence-electron chi connectivity index (χ0n) is 20.1. The van der Waals surface area contributed by atoms with E-state index < -0.39 is 33.6 Å². The summed E-state index contributed by atoms with van der Waals surface area (Å²) in [5.41, 5.74) is -0.663. The number of halogens is 3. The van der Waals surface area contributed by atoms with Gasteiger partial charge in [-0.15, -0.1) is 0 Å². The number of nitriles is 2. The van der Waals surface area contributed by atoms with Gasteiger partial charge in [0.05, 0.1) is 51.2 Å². The van der Waals surface area contributed by atoms with Crippen LogP contribution in [0.3, 0.4) is 0 Å². The number of hydrogen-bond donors (Lipinski definition) is 0. The van der Waals surface area contributed by atoms with Crippen LogP contribution in [-0.2, 0) is 16.0 Å². The molecule has 1 aliphatic carbocycles. The lowest BCUT2D eigenvalue weighted by Crippen LogP contribution is -2.48. The van der Waals surface area contributed by atoms with E-state index in [1.165, 1.54) is 44.3 Å². The van der Waals surface area contributed by atoms with Crippen molar-refractivity contribution in [3.05, 3.63) is 70.4 Å². The molecule has 2 aromatic rings. The quantitative estimate of drug-likeness (QED) is 0.505. The summed E-state index contributed by atoms with van der Waals surface area (Å²) in [6.45, 7) is 1.43. The Hall–Kier alpha value is -3.83. The molecular weight excluding hydrogens is 505 g/mol. The summed E-state index contributed by atoms with van der Waals surface area (Å²) in [7, 11) is -2.51. The first-order valence-electron chi connectivity index (χ1n) is 11.5. The van der Waals surface area contributed by atoms with Crippen molar-refractivity contribution in [1.29, 1.82) is 10.5 Å². The smallest absolute Gasteiger partial charge is 0.315 e. The number of carbonyl (C=O) groups excluding carboxylic acids is 1. The molecule has 11 heteroatoms. The number of alkyl halides is 3. The van der Waals surface area contributed by atoms with Crippen LogP contribution in [0.2, 0.25) is 0 Å². The number of nitrogens with zero attached hydrogens (tertiary/aromatic N) is 4. The van der Waals surface area contributed by atoms with Gasteiger partial charge in [-0.05, 0) is 61.6 Å².